The molecule has 1 saturated carbocycles. The van der Waals surface area contributed by atoms with Crippen molar-refractivity contribution in [1.29, 1.82) is 0 Å². The number of para-hydroxylation sites is 1. The first-order valence-electron chi connectivity index (χ1n) is 8.52. The summed E-state index contributed by atoms with van der Waals surface area (Å²) in [5, 5.41) is 5.80. The van der Waals surface area contributed by atoms with E-state index in [2.05, 4.69) is 10.6 Å². The van der Waals surface area contributed by atoms with Gasteiger partial charge < -0.3 is 15.1 Å². The van der Waals surface area contributed by atoms with Gasteiger partial charge in [0, 0.05) is 19.0 Å². The maximum Gasteiger partial charge on any atom is 0.253 e. The summed E-state index contributed by atoms with van der Waals surface area (Å²) < 4.78 is 5.30. The van der Waals surface area contributed by atoms with Crippen molar-refractivity contribution in [2.24, 2.45) is 0 Å². The summed E-state index contributed by atoms with van der Waals surface area (Å²) in [7, 11) is 1.94. The molecule has 1 heterocycles. The average Bonchev–Trinajstić information content (AvgIpc) is 3.26. The van der Waals surface area contributed by atoms with Crippen molar-refractivity contribution in [3.05, 3.63) is 54.0 Å². The van der Waals surface area contributed by atoms with Crippen LogP contribution in [0.4, 0.5) is 5.69 Å². The van der Waals surface area contributed by atoms with Crippen LogP contribution in [0.15, 0.2) is 47.1 Å². The Morgan fingerprint density at radius 2 is 2.00 bits per heavy atom. The third kappa shape index (κ3) is 5.19. The highest BCUT2D eigenvalue weighted by Crippen LogP contribution is 2.21. The van der Waals surface area contributed by atoms with Gasteiger partial charge in [0.1, 0.15) is 5.76 Å². The Labute approximate surface area is 147 Å². The smallest absolute Gasteiger partial charge is 0.253 e. The van der Waals surface area contributed by atoms with Crippen LogP contribution >= 0.6 is 0 Å². The van der Waals surface area contributed by atoms with Crippen LogP contribution in [-0.2, 0) is 11.3 Å². The third-order valence-electron chi connectivity index (χ3n) is 4.08. The first kappa shape index (κ1) is 17.2. The second-order valence-electron chi connectivity index (χ2n) is 6.41. The molecule has 1 aromatic heterocycles. The van der Waals surface area contributed by atoms with Gasteiger partial charge in [0.05, 0.1) is 24.1 Å². The number of carbonyl (C=O) groups is 2. The molecule has 25 heavy (non-hydrogen) atoms. The zero-order valence-electron chi connectivity index (χ0n) is 14.3. The second kappa shape index (κ2) is 7.98. The molecule has 2 amide bonds. The van der Waals surface area contributed by atoms with Gasteiger partial charge in [-0.2, -0.15) is 0 Å². The SMILES string of the molecule is CN(CCC(=O)Nc1ccccc1C(=O)NC1CC1)Cc1ccco1. The molecule has 0 atom stereocenters. The van der Waals surface area contributed by atoms with Crippen molar-refractivity contribution in [1.82, 2.24) is 10.2 Å². The highest BCUT2D eigenvalue weighted by Gasteiger charge is 2.25. The van der Waals surface area contributed by atoms with Crippen molar-refractivity contribution < 1.29 is 14.0 Å². The molecule has 0 bridgehead atoms. The van der Waals surface area contributed by atoms with Gasteiger partial charge in [-0.1, -0.05) is 12.1 Å². The molecular weight excluding hydrogens is 318 g/mol. The van der Waals surface area contributed by atoms with Crippen LogP contribution in [0.5, 0.6) is 0 Å². The van der Waals surface area contributed by atoms with Crippen molar-refractivity contribution in [2.45, 2.75) is 31.8 Å². The van der Waals surface area contributed by atoms with E-state index in [0.717, 1.165) is 18.6 Å². The molecule has 1 aliphatic carbocycles. The molecule has 0 aliphatic heterocycles. The molecule has 0 unspecified atom stereocenters. The van der Waals surface area contributed by atoms with Crippen molar-refractivity contribution in [3.63, 3.8) is 0 Å². The normalized spacial score (nSPS) is 13.7. The van der Waals surface area contributed by atoms with Crippen LogP contribution in [0.1, 0.15) is 35.4 Å². The van der Waals surface area contributed by atoms with Crippen LogP contribution in [0.3, 0.4) is 0 Å². The highest BCUT2D eigenvalue weighted by atomic mass is 16.3. The second-order valence-corrected chi connectivity index (χ2v) is 6.41. The largest absolute Gasteiger partial charge is 0.468 e. The standard InChI is InChI=1S/C19H23N3O3/c1-22(13-15-5-4-12-25-15)11-10-18(23)21-17-7-3-2-6-16(17)19(24)20-14-8-9-14/h2-7,12,14H,8-11,13H2,1H3,(H,20,24)(H,21,23). The molecule has 6 heteroatoms. The lowest BCUT2D eigenvalue weighted by molar-refractivity contribution is -0.116. The molecule has 1 aromatic carbocycles. The van der Waals surface area contributed by atoms with E-state index in [9.17, 15) is 9.59 Å². The lowest BCUT2D eigenvalue weighted by Gasteiger charge is -2.15. The summed E-state index contributed by atoms with van der Waals surface area (Å²) in [4.78, 5) is 26.5. The maximum absolute atomic E-state index is 12.3. The minimum Gasteiger partial charge on any atom is -0.468 e. The van der Waals surface area contributed by atoms with Gasteiger partial charge in [-0.05, 0) is 44.2 Å². The monoisotopic (exact) mass is 341 g/mol. The Hall–Kier alpha value is -2.60. The van der Waals surface area contributed by atoms with Gasteiger partial charge >= 0.3 is 0 Å². The Kier molecular flexibility index (Phi) is 5.50. The molecule has 1 aliphatic rings. The minimum absolute atomic E-state index is 0.113. The van der Waals surface area contributed by atoms with Crippen molar-refractivity contribution in [3.8, 4) is 0 Å². The minimum atomic E-state index is -0.131. The number of benzene rings is 1. The molecule has 132 valence electrons. The predicted molar refractivity (Wildman–Crippen MR) is 95.2 cm³/mol. The van der Waals surface area contributed by atoms with E-state index in [1.165, 1.54) is 0 Å². The van der Waals surface area contributed by atoms with E-state index in [0.29, 0.717) is 30.8 Å². The van der Waals surface area contributed by atoms with Crippen LogP contribution in [-0.4, -0.2) is 36.3 Å². The lowest BCUT2D eigenvalue weighted by Crippen LogP contribution is -2.28. The number of rotatable bonds is 8. The molecule has 3 rings (SSSR count). The Morgan fingerprint density at radius 1 is 1.20 bits per heavy atom. The summed E-state index contributed by atoms with van der Waals surface area (Å²) in [6, 6.07) is 11.1. The fraction of sp³-hybridized carbons (Fsp3) is 0.368. The summed E-state index contributed by atoms with van der Waals surface area (Å²) in [5.41, 5.74) is 1.06. The number of hydrogen-bond donors (Lipinski definition) is 2. The van der Waals surface area contributed by atoms with E-state index in [-0.39, 0.29) is 17.9 Å². The van der Waals surface area contributed by atoms with Crippen molar-refractivity contribution >= 4 is 17.5 Å². The number of carbonyl (C=O) groups excluding carboxylic acids is 2. The van der Waals surface area contributed by atoms with Gasteiger partial charge in [-0.15, -0.1) is 0 Å². The molecule has 0 saturated heterocycles. The summed E-state index contributed by atoms with van der Waals surface area (Å²) in [5.74, 6) is 0.622. The van der Waals surface area contributed by atoms with E-state index in [4.69, 9.17) is 4.42 Å². The highest BCUT2D eigenvalue weighted by molar-refractivity contribution is 6.03. The van der Waals surface area contributed by atoms with Crippen LogP contribution in [0.25, 0.3) is 0 Å². The van der Waals surface area contributed by atoms with Crippen molar-refractivity contribution in [2.75, 3.05) is 18.9 Å². The summed E-state index contributed by atoms with van der Waals surface area (Å²) in [6.07, 6.45) is 4.04. The van der Waals surface area contributed by atoms with Gasteiger partial charge in [0.25, 0.3) is 5.91 Å². The molecule has 0 spiro atoms. The predicted octanol–water partition coefficient (Wildman–Crippen LogP) is 2.63. The summed E-state index contributed by atoms with van der Waals surface area (Å²) >= 11 is 0. The van der Waals surface area contributed by atoms with Gasteiger partial charge in [-0.25, -0.2) is 0 Å². The van der Waals surface area contributed by atoms with Crippen LogP contribution in [0.2, 0.25) is 0 Å². The number of anilines is 1. The number of nitrogens with zero attached hydrogens (tertiary/aromatic N) is 1. The average molecular weight is 341 g/mol. The zero-order valence-corrected chi connectivity index (χ0v) is 14.3. The van der Waals surface area contributed by atoms with Gasteiger partial charge in [0.2, 0.25) is 5.91 Å². The van der Waals surface area contributed by atoms with E-state index in [1.807, 2.05) is 30.1 Å². The fourth-order valence-electron chi connectivity index (χ4n) is 2.53. The van der Waals surface area contributed by atoms with E-state index >= 15 is 0 Å². The maximum atomic E-state index is 12.3. The quantitative estimate of drug-likeness (QED) is 0.774. The number of amides is 2. The van der Waals surface area contributed by atoms with Gasteiger partial charge in [0.15, 0.2) is 0 Å². The Bertz CT molecular complexity index is 723. The lowest BCUT2D eigenvalue weighted by atomic mass is 10.1. The first-order chi connectivity index (χ1) is 12.1. The van der Waals surface area contributed by atoms with E-state index in [1.54, 1.807) is 24.5 Å². The molecule has 6 nitrogen and oxygen atoms in total. The third-order valence-corrected chi connectivity index (χ3v) is 4.08. The van der Waals surface area contributed by atoms with Gasteiger partial charge in [-0.3, -0.25) is 14.5 Å². The van der Waals surface area contributed by atoms with E-state index < -0.39 is 0 Å². The number of nitrogens with one attached hydrogen (secondary N) is 2. The molecule has 1 fully saturated rings. The first-order valence-corrected chi connectivity index (χ1v) is 8.52. The Morgan fingerprint density at radius 3 is 2.72 bits per heavy atom. The Balaban J connectivity index is 1.51. The van der Waals surface area contributed by atoms with Crippen LogP contribution < -0.4 is 10.6 Å². The molecule has 2 aromatic rings. The number of hydrogen-bond acceptors (Lipinski definition) is 4. The zero-order chi connectivity index (χ0) is 17.6. The molecular formula is C19H23N3O3. The number of furan rings is 1. The fourth-order valence-corrected chi connectivity index (χ4v) is 2.53. The topological polar surface area (TPSA) is 74.6 Å². The summed E-state index contributed by atoms with van der Waals surface area (Å²) in [6.45, 7) is 1.25. The molecule has 0 radical (unpaired) electrons. The molecule has 2 N–H and O–H groups in total. The van der Waals surface area contributed by atoms with Crippen LogP contribution in [0, 0.1) is 0 Å².